The van der Waals surface area contributed by atoms with E-state index in [-0.39, 0.29) is 5.75 Å². The fourth-order valence-electron chi connectivity index (χ4n) is 4.68. The zero-order valence-electron chi connectivity index (χ0n) is 24.9. The normalized spacial score (nSPS) is 10.9. The van der Waals surface area contributed by atoms with Crippen LogP contribution in [0.3, 0.4) is 0 Å². The predicted octanol–water partition coefficient (Wildman–Crippen LogP) is 6.11. The SMILES string of the molecule is CCCCS(=O)(=O)O.CCN(CC)c1ccc2c(-c3ccccc3)c3ccc(=[N+](CC)CC)cc-3oc2c1.CN. The summed E-state index contributed by atoms with van der Waals surface area (Å²) in [5.41, 5.74) is 10.2. The Labute approximate surface area is 240 Å². The van der Waals surface area contributed by atoms with Gasteiger partial charge in [-0.1, -0.05) is 43.7 Å². The van der Waals surface area contributed by atoms with Gasteiger partial charge in [-0.05, 0) is 64.9 Å². The maximum atomic E-state index is 9.95. The van der Waals surface area contributed by atoms with E-state index in [0.29, 0.717) is 6.42 Å². The summed E-state index contributed by atoms with van der Waals surface area (Å²) >= 11 is 0. The molecule has 4 rings (SSSR count). The Morgan fingerprint density at radius 1 is 0.875 bits per heavy atom. The van der Waals surface area contributed by atoms with E-state index < -0.39 is 10.1 Å². The number of anilines is 1. The van der Waals surface area contributed by atoms with Crippen LogP contribution < -0.4 is 20.6 Å². The molecule has 0 bridgehead atoms. The minimum absolute atomic E-state index is 0.108. The Hall–Kier alpha value is -3.20. The first-order chi connectivity index (χ1) is 19.3. The van der Waals surface area contributed by atoms with Gasteiger partial charge in [0, 0.05) is 47.4 Å². The first kappa shape index (κ1) is 33.0. The fraction of sp³-hybridized carbons (Fsp3) is 0.406. The fourth-order valence-corrected chi connectivity index (χ4v) is 5.33. The summed E-state index contributed by atoms with van der Waals surface area (Å²) in [6, 6.07) is 23.9. The van der Waals surface area contributed by atoms with Gasteiger partial charge in [0.05, 0.1) is 11.8 Å². The summed E-state index contributed by atoms with van der Waals surface area (Å²) < 4.78 is 36.9. The number of benzene rings is 3. The van der Waals surface area contributed by atoms with E-state index in [1.807, 2.05) is 6.92 Å². The van der Waals surface area contributed by atoms with Gasteiger partial charge in [0.2, 0.25) is 5.36 Å². The van der Waals surface area contributed by atoms with Crippen LogP contribution in [0.15, 0.2) is 71.1 Å². The van der Waals surface area contributed by atoms with Crippen molar-refractivity contribution in [1.29, 1.82) is 0 Å². The Bertz CT molecular complexity index is 1470. The molecule has 7 nitrogen and oxygen atoms in total. The predicted molar refractivity (Wildman–Crippen MR) is 170 cm³/mol. The quantitative estimate of drug-likeness (QED) is 0.144. The zero-order valence-corrected chi connectivity index (χ0v) is 25.7. The first-order valence-corrected chi connectivity index (χ1v) is 15.8. The van der Waals surface area contributed by atoms with Crippen molar-refractivity contribution < 1.29 is 17.4 Å². The molecule has 0 spiro atoms. The Morgan fingerprint density at radius 3 is 2.05 bits per heavy atom. The summed E-state index contributed by atoms with van der Waals surface area (Å²) in [6.45, 7) is 14.5. The molecule has 1 heterocycles. The maximum absolute atomic E-state index is 9.95. The topological polar surface area (TPSA) is 99.8 Å². The van der Waals surface area contributed by atoms with Crippen LogP contribution in [0.5, 0.6) is 0 Å². The van der Waals surface area contributed by atoms with Gasteiger partial charge < -0.3 is 15.1 Å². The van der Waals surface area contributed by atoms with Crippen molar-refractivity contribution in [2.45, 2.75) is 47.5 Å². The number of unbranched alkanes of at least 4 members (excludes halogenated alkanes) is 1. The van der Waals surface area contributed by atoms with E-state index in [9.17, 15) is 8.42 Å². The van der Waals surface area contributed by atoms with Gasteiger partial charge in [0.1, 0.15) is 24.4 Å². The van der Waals surface area contributed by atoms with Crippen LogP contribution in [-0.2, 0) is 10.1 Å². The lowest BCUT2D eigenvalue weighted by atomic mass is 9.93. The van der Waals surface area contributed by atoms with E-state index in [1.165, 1.54) is 29.2 Å². The lowest BCUT2D eigenvalue weighted by Crippen LogP contribution is -2.29. The van der Waals surface area contributed by atoms with Crippen molar-refractivity contribution in [1.82, 2.24) is 4.58 Å². The van der Waals surface area contributed by atoms with Crippen LogP contribution in [-0.4, -0.2) is 52.0 Å². The molecule has 218 valence electrons. The van der Waals surface area contributed by atoms with Crippen molar-refractivity contribution in [3.8, 4) is 22.5 Å². The third-order valence-electron chi connectivity index (χ3n) is 6.76. The molecule has 0 aromatic heterocycles. The summed E-state index contributed by atoms with van der Waals surface area (Å²) in [5.74, 6) is 0.825. The monoisotopic (exact) mass is 568 g/mol. The van der Waals surface area contributed by atoms with Gasteiger partial charge in [-0.15, -0.1) is 0 Å². The largest absolute Gasteiger partial charge is 0.456 e. The van der Waals surface area contributed by atoms with Crippen LogP contribution in [0.2, 0.25) is 0 Å². The molecule has 2 aliphatic rings. The van der Waals surface area contributed by atoms with Crippen molar-refractivity contribution in [2.75, 3.05) is 43.9 Å². The van der Waals surface area contributed by atoms with Crippen LogP contribution in [0, 0.1) is 0 Å². The highest BCUT2D eigenvalue weighted by molar-refractivity contribution is 7.85. The van der Waals surface area contributed by atoms with Crippen molar-refractivity contribution in [3.63, 3.8) is 0 Å². The Kier molecular flexibility index (Phi) is 13.3. The molecule has 8 heteroatoms. The summed E-state index contributed by atoms with van der Waals surface area (Å²) in [5, 5.41) is 2.36. The number of nitrogens with zero attached hydrogens (tertiary/aromatic N) is 2. The molecule has 0 atom stereocenters. The molecule has 2 aromatic rings. The van der Waals surface area contributed by atoms with Crippen LogP contribution >= 0.6 is 0 Å². The average Bonchev–Trinajstić information content (AvgIpc) is 2.97. The van der Waals surface area contributed by atoms with Gasteiger partial charge in [-0.2, -0.15) is 8.42 Å². The highest BCUT2D eigenvalue weighted by Gasteiger charge is 2.19. The highest BCUT2D eigenvalue weighted by atomic mass is 32.2. The molecular weight excluding hydrogens is 522 g/mol. The number of fused-ring (bicyclic) bond motifs is 2. The standard InChI is InChI=1S/C27H31N2O.C4H10O3S.CH5N/c1-5-28(6-2)21-14-16-23-25(18-21)30-26-19-22(29(7-3)8-4)15-17-24(26)27(23)20-12-10-9-11-13-20;1-2-3-4-8(5,6)7;1-2/h9-19H,5-8H2,1-4H3;2-4H2,1H3,(H,5,6,7);2H2,1H3/q+1;;. The van der Waals surface area contributed by atoms with E-state index >= 15 is 0 Å². The van der Waals surface area contributed by atoms with E-state index in [4.69, 9.17) is 8.97 Å². The second-order valence-electron chi connectivity index (χ2n) is 9.19. The molecular formula is C32H46N3O4S+. The summed E-state index contributed by atoms with van der Waals surface area (Å²) in [6.07, 6.45) is 1.33. The number of hydrogen-bond donors (Lipinski definition) is 2. The molecule has 1 aliphatic carbocycles. The summed E-state index contributed by atoms with van der Waals surface area (Å²) in [7, 11) is -2.19. The van der Waals surface area contributed by atoms with Gasteiger partial charge in [-0.25, -0.2) is 4.58 Å². The average molecular weight is 569 g/mol. The molecule has 0 saturated heterocycles. The van der Waals surface area contributed by atoms with E-state index in [2.05, 4.69) is 110 Å². The highest BCUT2D eigenvalue weighted by Crippen LogP contribution is 2.40. The first-order valence-electron chi connectivity index (χ1n) is 14.2. The van der Waals surface area contributed by atoms with Crippen LogP contribution in [0.1, 0.15) is 47.5 Å². The Morgan fingerprint density at radius 2 is 1.52 bits per heavy atom. The molecule has 2 aromatic carbocycles. The minimum atomic E-state index is -3.69. The Balaban J connectivity index is 0.000000484. The summed E-state index contributed by atoms with van der Waals surface area (Å²) in [4.78, 5) is 2.35. The van der Waals surface area contributed by atoms with Crippen molar-refractivity contribution >= 4 is 26.8 Å². The minimum Gasteiger partial charge on any atom is -0.456 e. The van der Waals surface area contributed by atoms with Crippen LogP contribution in [0.4, 0.5) is 5.69 Å². The second-order valence-corrected chi connectivity index (χ2v) is 10.8. The number of rotatable bonds is 9. The van der Waals surface area contributed by atoms with E-state index in [1.54, 1.807) is 0 Å². The molecule has 0 radical (unpaired) electrons. The van der Waals surface area contributed by atoms with Crippen molar-refractivity contribution in [3.05, 3.63) is 72.1 Å². The number of hydrogen-bond acceptors (Lipinski definition) is 5. The molecule has 40 heavy (non-hydrogen) atoms. The smallest absolute Gasteiger partial charge is 0.264 e. The molecule has 0 unspecified atom stereocenters. The van der Waals surface area contributed by atoms with Gasteiger partial charge in [0.25, 0.3) is 10.1 Å². The molecule has 0 fully saturated rings. The van der Waals surface area contributed by atoms with Crippen LogP contribution in [0.25, 0.3) is 33.4 Å². The van der Waals surface area contributed by atoms with E-state index in [0.717, 1.165) is 54.9 Å². The molecule has 3 N–H and O–H groups in total. The van der Waals surface area contributed by atoms with Gasteiger partial charge in [-0.3, -0.25) is 4.55 Å². The lowest BCUT2D eigenvalue weighted by molar-refractivity contribution is 0.480. The second kappa shape index (κ2) is 16.2. The third-order valence-corrected chi connectivity index (χ3v) is 7.57. The molecule has 1 aliphatic heterocycles. The zero-order chi connectivity index (χ0) is 29.7. The number of nitrogens with two attached hydrogens (primary N) is 1. The van der Waals surface area contributed by atoms with Gasteiger partial charge in [0.15, 0.2) is 0 Å². The maximum Gasteiger partial charge on any atom is 0.264 e. The van der Waals surface area contributed by atoms with Gasteiger partial charge >= 0.3 is 0 Å². The van der Waals surface area contributed by atoms with Crippen molar-refractivity contribution in [2.24, 2.45) is 5.73 Å². The third kappa shape index (κ3) is 8.65. The lowest BCUT2D eigenvalue weighted by Gasteiger charge is -2.22. The molecule has 0 amide bonds. The molecule has 0 saturated carbocycles.